The van der Waals surface area contributed by atoms with Crippen molar-refractivity contribution in [2.75, 3.05) is 38.1 Å². The van der Waals surface area contributed by atoms with Crippen molar-refractivity contribution in [1.82, 2.24) is 29.4 Å². The van der Waals surface area contributed by atoms with Crippen LogP contribution in [0.4, 0.5) is 16.0 Å². The predicted octanol–water partition coefficient (Wildman–Crippen LogP) is 5.18. The van der Waals surface area contributed by atoms with Crippen LogP contribution in [0.3, 0.4) is 0 Å². The van der Waals surface area contributed by atoms with Crippen LogP contribution in [-0.2, 0) is 13.1 Å². The van der Waals surface area contributed by atoms with Crippen LogP contribution in [0.2, 0.25) is 0 Å². The van der Waals surface area contributed by atoms with Crippen molar-refractivity contribution >= 4 is 28.2 Å². The minimum atomic E-state index is -0.872. The summed E-state index contributed by atoms with van der Waals surface area (Å²) in [6.07, 6.45) is 6.70. The predicted molar refractivity (Wildman–Crippen MR) is 174 cm³/mol. The third-order valence-electron chi connectivity index (χ3n) is 8.54. The van der Waals surface area contributed by atoms with Crippen molar-refractivity contribution in [2.45, 2.75) is 70.7 Å². The first-order valence-corrected chi connectivity index (χ1v) is 15.5. The molecule has 3 aromatic heterocycles. The van der Waals surface area contributed by atoms with E-state index in [2.05, 4.69) is 22.2 Å². The van der Waals surface area contributed by atoms with Gasteiger partial charge in [0.15, 0.2) is 23.0 Å². The maximum absolute atomic E-state index is 15.0. The number of nitrogens with zero attached hydrogens (tertiary/aromatic N) is 7. The highest BCUT2D eigenvalue weighted by Gasteiger charge is 2.32. The van der Waals surface area contributed by atoms with Crippen molar-refractivity contribution < 1.29 is 23.7 Å². The topological polar surface area (TPSA) is 124 Å². The molecule has 2 aromatic carbocycles. The third-order valence-corrected chi connectivity index (χ3v) is 8.54. The van der Waals surface area contributed by atoms with Crippen LogP contribution >= 0.6 is 0 Å². The number of anilines is 2. The highest BCUT2D eigenvalue weighted by molar-refractivity contribution is 5.93. The Labute approximate surface area is 267 Å². The Morgan fingerprint density at radius 2 is 1.85 bits per heavy atom. The lowest BCUT2D eigenvalue weighted by atomic mass is 9.90. The lowest BCUT2D eigenvalue weighted by molar-refractivity contribution is 0.0577. The zero-order valence-corrected chi connectivity index (χ0v) is 27.1. The number of piperidine rings is 1. The molecule has 2 atom stereocenters. The van der Waals surface area contributed by atoms with Gasteiger partial charge >= 0.3 is 0 Å². The van der Waals surface area contributed by atoms with E-state index in [1.54, 1.807) is 43.3 Å². The molecule has 1 fully saturated rings. The van der Waals surface area contributed by atoms with E-state index in [0.29, 0.717) is 65.5 Å². The van der Waals surface area contributed by atoms with Gasteiger partial charge in [0.25, 0.3) is 0 Å². The molecule has 2 N–H and O–H groups in total. The molecule has 2 unspecified atom stereocenters. The second kappa shape index (κ2) is 12.6. The molecule has 1 aliphatic rings. The zero-order chi connectivity index (χ0) is 32.6. The van der Waals surface area contributed by atoms with E-state index < -0.39 is 11.4 Å². The summed E-state index contributed by atoms with van der Waals surface area (Å²) in [5.41, 5.74) is 2.07. The van der Waals surface area contributed by atoms with Crippen LogP contribution in [0, 0.1) is 5.82 Å². The summed E-state index contributed by atoms with van der Waals surface area (Å²) < 4.78 is 34.6. The number of ether oxygens (including phenoxy) is 3. The standard InChI is InChI=1S/C33H41FN8O4/c1-7-22-10-8-21(17-41(22)23-16-36-40(18-23)19-33(2,3)43)30-38-31-25-13-26(34)29(46-6)14-27(25)37-32(42(31)39-30)35-15-20-9-11-24(44-4)12-28(20)45-5/h9,11-14,16,18,21-22,43H,7-8,10,15,17,19H2,1-6H3,(H,35,37). The molecule has 0 saturated carbocycles. The number of hydrogen-bond acceptors (Lipinski definition) is 10. The molecular formula is C33H41FN8O4. The molecule has 6 rings (SSSR count). The van der Waals surface area contributed by atoms with Crippen LogP contribution in [0.1, 0.15) is 57.3 Å². The molecular weight excluding hydrogens is 591 g/mol. The van der Waals surface area contributed by atoms with E-state index >= 15 is 0 Å². The largest absolute Gasteiger partial charge is 0.497 e. The van der Waals surface area contributed by atoms with Gasteiger partial charge in [-0.05, 0) is 51.3 Å². The van der Waals surface area contributed by atoms with E-state index in [4.69, 9.17) is 29.3 Å². The van der Waals surface area contributed by atoms with Crippen molar-refractivity contribution in [3.8, 4) is 17.2 Å². The van der Waals surface area contributed by atoms with Crippen LogP contribution in [0.15, 0.2) is 42.7 Å². The molecule has 0 spiro atoms. The summed E-state index contributed by atoms with van der Waals surface area (Å²) >= 11 is 0. The molecule has 12 nitrogen and oxygen atoms in total. The molecule has 0 aliphatic carbocycles. The Kier molecular flexibility index (Phi) is 8.60. The Morgan fingerprint density at radius 3 is 2.57 bits per heavy atom. The zero-order valence-electron chi connectivity index (χ0n) is 27.1. The molecule has 46 heavy (non-hydrogen) atoms. The summed E-state index contributed by atoms with van der Waals surface area (Å²) in [7, 11) is 4.66. The first-order valence-electron chi connectivity index (χ1n) is 15.5. The Bertz CT molecular complexity index is 1850. The quantitative estimate of drug-likeness (QED) is 0.201. The maximum Gasteiger partial charge on any atom is 0.226 e. The fourth-order valence-corrected chi connectivity index (χ4v) is 6.20. The van der Waals surface area contributed by atoms with Gasteiger partial charge in [0.2, 0.25) is 5.95 Å². The molecule has 5 aromatic rings. The summed E-state index contributed by atoms with van der Waals surface area (Å²) in [6, 6.07) is 8.96. The molecule has 13 heteroatoms. The van der Waals surface area contributed by atoms with Gasteiger partial charge in [0.1, 0.15) is 11.5 Å². The Morgan fingerprint density at radius 1 is 1.04 bits per heavy atom. The highest BCUT2D eigenvalue weighted by Crippen LogP contribution is 2.35. The maximum atomic E-state index is 15.0. The number of fused-ring (bicyclic) bond motifs is 3. The van der Waals surface area contributed by atoms with Crippen LogP contribution in [0.25, 0.3) is 16.6 Å². The fourth-order valence-electron chi connectivity index (χ4n) is 6.20. The molecule has 1 aliphatic heterocycles. The lowest BCUT2D eigenvalue weighted by Gasteiger charge is -2.39. The lowest BCUT2D eigenvalue weighted by Crippen LogP contribution is -2.42. The van der Waals surface area contributed by atoms with Gasteiger partial charge in [0, 0.05) is 54.3 Å². The summed E-state index contributed by atoms with van der Waals surface area (Å²) in [6.45, 7) is 7.22. The van der Waals surface area contributed by atoms with Gasteiger partial charge in [-0.1, -0.05) is 6.92 Å². The number of halogens is 1. The highest BCUT2D eigenvalue weighted by atomic mass is 19.1. The number of rotatable bonds is 11. The summed E-state index contributed by atoms with van der Waals surface area (Å²) in [5, 5.41) is 23.7. The number of hydrogen-bond donors (Lipinski definition) is 2. The van der Waals surface area contributed by atoms with Crippen molar-refractivity contribution in [1.29, 1.82) is 0 Å². The van der Waals surface area contributed by atoms with Gasteiger partial charge in [-0.2, -0.15) is 9.61 Å². The smallest absolute Gasteiger partial charge is 0.226 e. The van der Waals surface area contributed by atoms with Gasteiger partial charge in [-0.25, -0.2) is 14.4 Å². The average molecular weight is 633 g/mol. The first kappa shape index (κ1) is 31.3. The van der Waals surface area contributed by atoms with Gasteiger partial charge in [-0.3, -0.25) is 4.68 Å². The second-order valence-corrected chi connectivity index (χ2v) is 12.4. The van der Waals surface area contributed by atoms with Crippen molar-refractivity contribution in [3.05, 3.63) is 59.9 Å². The summed E-state index contributed by atoms with van der Waals surface area (Å²) in [5.74, 6) is 2.12. The van der Waals surface area contributed by atoms with Crippen LogP contribution in [0.5, 0.6) is 17.2 Å². The SMILES string of the molecule is CCC1CCC(c2nc3c4cc(F)c(OC)cc4nc(NCc4ccc(OC)cc4OC)n3n2)CN1c1cnn(CC(C)(C)O)c1. The number of methoxy groups -OCH3 is 3. The summed E-state index contributed by atoms with van der Waals surface area (Å²) in [4.78, 5) is 12.2. The Hall–Kier alpha value is -4.65. The number of aromatic nitrogens is 6. The molecule has 1 saturated heterocycles. The van der Waals surface area contributed by atoms with E-state index in [0.717, 1.165) is 30.5 Å². The number of nitrogens with one attached hydrogen (secondary N) is 1. The minimum absolute atomic E-state index is 0.0213. The molecule has 0 radical (unpaired) electrons. The third kappa shape index (κ3) is 6.23. The molecule has 0 amide bonds. The Balaban J connectivity index is 1.37. The van der Waals surface area contributed by atoms with Gasteiger partial charge < -0.3 is 29.5 Å². The number of benzene rings is 2. The first-order chi connectivity index (χ1) is 22.1. The number of aliphatic hydroxyl groups is 1. The molecule has 0 bridgehead atoms. The van der Waals surface area contributed by atoms with Gasteiger partial charge in [-0.15, -0.1) is 5.10 Å². The van der Waals surface area contributed by atoms with E-state index in [1.807, 2.05) is 30.6 Å². The molecule has 244 valence electrons. The second-order valence-electron chi connectivity index (χ2n) is 12.4. The monoisotopic (exact) mass is 632 g/mol. The van der Waals surface area contributed by atoms with E-state index in [9.17, 15) is 9.50 Å². The fraction of sp³-hybridized carbons (Fsp3) is 0.455. The van der Waals surface area contributed by atoms with E-state index in [1.165, 1.54) is 13.2 Å². The van der Waals surface area contributed by atoms with Gasteiger partial charge in [0.05, 0.1) is 50.9 Å². The minimum Gasteiger partial charge on any atom is -0.497 e. The van der Waals surface area contributed by atoms with E-state index in [-0.39, 0.29) is 11.7 Å². The van der Waals surface area contributed by atoms with Crippen molar-refractivity contribution in [2.24, 2.45) is 0 Å². The van der Waals surface area contributed by atoms with Crippen LogP contribution < -0.4 is 24.4 Å². The molecule has 4 heterocycles. The van der Waals surface area contributed by atoms with Crippen molar-refractivity contribution in [3.63, 3.8) is 0 Å². The average Bonchev–Trinajstić information content (AvgIpc) is 3.70. The van der Waals surface area contributed by atoms with Crippen LogP contribution in [-0.4, -0.2) is 74.0 Å². The normalized spacial score (nSPS) is 17.1.